The lowest BCUT2D eigenvalue weighted by Crippen LogP contribution is -2.36. The number of halogens is 9. The van der Waals surface area contributed by atoms with Crippen molar-refractivity contribution in [2.45, 2.75) is 45.0 Å². The number of nitrogens with zero attached hydrogens (tertiary/aromatic N) is 5. The molecule has 272 valence electrons. The number of alkyl halides is 9. The summed E-state index contributed by atoms with van der Waals surface area (Å²) in [5, 5.41) is 8.87. The van der Waals surface area contributed by atoms with Gasteiger partial charge in [-0.3, -0.25) is 9.69 Å². The van der Waals surface area contributed by atoms with Crippen molar-refractivity contribution in [3.05, 3.63) is 76.6 Å². The van der Waals surface area contributed by atoms with Crippen molar-refractivity contribution in [3.8, 4) is 0 Å². The summed E-state index contributed by atoms with van der Waals surface area (Å²) in [6.07, 6.45) is -14.2. The average Bonchev–Trinajstić information content (AvgIpc) is 3.04. The molecule has 0 saturated carbocycles. The molecule has 2 aromatic carbocycles. The van der Waals surface area contributed by atoms with E-state index in [-0.39, 0.29) is 29.8 Å². The highest BCUT2D eigenvalue weighted by Crippen LogP contribution is 2.38. The van der Waals surface area contributed by atoms with Crippen LogP contribution in [0.15, 0.2) is 48.8 Å². The molecule has 0 bridgehead atoms. The highest BCUT2D eigenvalue weighted by atomic mass is 19.4. The minimum absolute atomic E-state index is 0.0541. The van der Waals surface area contributed by atoms with Gasteiger partial charge in [0.25, 0.3) is 0 Å². The van der Waals surface area contributed by atoms with E-state index < -0.39 is 79.0 Å². The number of rotatable bonds is 11. The van der Waals surface area contributed by atoms with E-state index in [9.17, 15) is 49.1 Å². The maximum atomic E-state index is 13.9. The minimum atomic E-state index is -5.17. The molecule has 0 radical (unpaired) electrons. The average molecular weight is 724 g/mol. The highest BCUT2D eigenvalue weighted by Gasteiger charge is 2.37. The summed E-state index contributed by atoms with van der Waals surface area (Å²) in [4.78, 5) is 36.1. The Labute approximate surface area is 279 Å². The molecule has 2 heterocycles. The topological polar surface area (TPSA) is 108 Å². The summed E-state index contributed by atoms with van der Waals surface area (Å²) in [6.45, 7) is 1.06. The lowest BCUT2D eigenvalue weighted by molar-refractivity contribution is -0.143. The molecule has 3 aromatic rings. The number of benzene rings is 2. The zero-order valence-electron chi connectivity index (χ0n) is 26.2. The quantitative estimate of drug-likeness (QED) is 0.209. The van der Waals surface area contributed by atoms with Gasteiger partial charge in [-0.2, -0.15) is 39.5 Å². The number of anilines is 3. The highest BCUT2D eigenvalue weighted by molar-refractivity contribution is 5.89. The number of hydrogen-bond donors (Lipinski definition) is 1. The molecule has 0 aliphatic carbocycles. The third-order valence-electron chi connectivity index (χ3n) is 7.44. The molecular formula is C31H30F9N5O5. The molecule has 1 aliphatic heterocycles. The van der Waals surface area contributed by atoms with Gasteiger partial charge in [-0.15, -0.1) is 0 Å². The van der Waals surface area contributed by atoms with Crippen LogP contribution < -0.4 is 14.7 Å². The Kier molecular flexibility index (Phi) is 11.7. The molecule has 50 heavy (non-hydrogen) atoms. The number of ether oxygens (including phenoxy) is 2. The Balaban J connectivity index is 1.82. The van der Waals surface area contributed by atoms with Gasteiger partial charge in [0, 0.05) is 32.7 Å². The Hall–Kier alpha value is -4.81. The normalized spacial score (nSPS) is 14.0. The summed E-state index contributed by atoms with van der Waals surface area (Å²) in [5.41, 5.74) is -4.79. The first kappa shape index (κ1) is 38.0. The van der Waals surface area contributed by atoms with Gasteiger partial charge in [-0.25, -0.2) is 14.8 Å². The predicted molar refractivity (Wildman–Crippen MR) is 159 cm³/mol. The fourth-order valence-electron chi connectivity index (χ4n) is 5.05. The fourth-order valence-corrected chi connectivity index (χ4v) is 5.05. The van der Waals surface area contributed by atoms with Crippen molar-refractivity contribution in [1.82, 2.24) is 9.97 Å². The van der Waals surface area contributed by atoms with Crippen LogP contribution in [0, 0.1) is 0 Å². The first-order chi connectivity index (χ1) is 23.4. The van der Waals surface area contributed by atoms with Crippen molar-refractivity contribution in [2.75, 3.05) is 54.2 Å². The van der Waals surface area contributed by atoms with Crippen molar-refractivity contribution in [3.63, 3.8) is 0 Å². The predicted octanol–water partition coefficient (Wildman–Crippen LogP) is 7.01. The molecule has 1 amide bonds. The summed E-state index contributed by atoms with van der Waals surface area (Å²) in [5.74, 6) is -1.54. The number of carboxylic acid groups (broad SMARTS) is 1. The largest absolute Gasteiger partial charge is 0.481 e. The monoisotopic (exact) mass is 723 g/mol. The second-order valence-electron chi connectivity index (χ2n) is 11.0. The SMILES string of the molecule is CCN(C(=O)OCCC(=O)O)c1ccc(C(F)(F)F)cc1CN(Cc1cc(C(F)(F)F)cc(C(F)(F)F)c1)c1ncc(N2CCOCC2)cn1. The van der Waals surface area contributed by atoms with E-state index in [1.807, 2.05) is 4.90 Å². The zero-order valence-corrected chi connectivity index (χ0v) is 26.2. The number of hydrogen-bond acceptors (Lipinski definition) is 8. The number of carbonyl (C=O) groups excluding carboxylic acids is 1. The molecule has 1 saturated heterocycles. The van der Waals surface area contributed by atoms with E-state index in [0.717, 1.165) is 15.9 Å². The first-order valence-corrected chi connectivity index (χ1v) is 14.9. The van der Waals surface area contributed by atoms with Crippen molar-refractivity contribution >= 4 is 29.4 Å². The summed E-state index contributed by atoms with van der Waals surface area (Å²) < 4.78 is 134. The number of carboxylic acids is 1. The maximum Gasteiger partial charge on any atom is 0.416 e. The molecule has 19 heteroatoms. The molecule has 1 fully saturated rings. The van der Waals surface area contributed by atoms with Crippen LogP contribution in [0.4, 0.5) is 61.6 Å². The lowest BCUT2D eigenvalue weighted by Gasteiger charge is -2.30. The van der Waals surface area contributed by atoms with Gasteiger partial charge in [0.1, 0.15) is 6.61 Å². The Morgan fingerprint density at radius 2 is 1.44 bits per heavy atom. The smallest absolute Gasteiger partial charge is 0.416 e. The van der Waals surface area contributed by atoms with Crippen LogP contribution in [-0.4, -0.2) is 66.6 Å². The number of aliphatic carboxylic acids is 1. The van der Waals surface area contributed by atoms with Gasteiger partial charge in [0.05, 0.1) is 60.1 Å². The van der Waals surface area contributed by atoms with Crippen LogP contribution in [0.2, 0.25) is 0 Å². The van der Waals surface area contributed by atoms with E-state index in [0.29, 0.717) is 56.3 Å². The lowest BCUT2D eigenvalue weighted by atomic mass is 10.0. The molecule has 1 aromatic heterocycles. The van der Waals surface area contributed by atoms with Gasteiger partial charge in [-0.05, 0) is 54.4 Å². The molecule has 10 nitrogen and oxygen atoms in total. The summed E-state index contributed by atoms with van der Waals surface area (Å²) >= 11 is 0. The van der Waals surface area contributed by atoms with Crippen LogP contribution in [-0.2, 0) is 45.9 Å². The number of morpholine rings is 1. The fraction of sp³-hybridized carbons (Fsp3) is 0.419. The third-order valence-corrected chi connectivity index (χ3v) is 7.44. The van der Waals surface area contributed by atoms with Crippen LogP contribution in [0.5, 0.6) is 0 Å². The van der Waals surface area contributed by atoms with Crippen LogP contribution in [0.1, 0.15) is 41.2 Å². The molecule has 1 aliphatic rings. The van der Waals surface area contributed by atoms with Gasteiger partial charge in [0.2, 0.25) is 5.95 Å². The molecule has 0 unspecified atom stereocenters. The Bertz CT molecular complexity index is 1610. The maximum absolute atomic E-state index is 13.9. The molecule has 1 N–H and O–H groups in total. The standard InChI is InChI=1S/C31H30F9N5O5/c1-2-45(28(48)50-8-5-26(46)47)25-4-3-21(29(32,33)34)13-20(25)18-44(27-41-15-24(16-42-27)43-6-9-49-10-7-43)17-19-11-22(30(35,36)37)14-23(12-19)31(38,39)40/h3-4,11-16H,2,5-10,17-18H2,1H3,(H,46,47). The molecular weight excluding hydrogens is 693 g/mol. The van der Waals surface area contributed by atoms with Crippen LogP contribution in [0.25, 0.3) is 0 Å². The van der Waals surface area contributed by atoms with Crippen molar-refractivity contribution in [2.24, 2.45) is 0 Å². The van der Waals surface area contributed by atoms with E-state index in [2.05, 4.69) is 9.97 Å². The van der Waals surface area contributed by atoms with Gasteiger partial charge >= 0.3 is 30.6 Å². The van der Waals surface area contributed by atoms with E-state index in [1.54, 1.807) is 0 Å². The summed E-state index contributed by atoms with van der Waals surface area (Å²) in [6, 6.07) is 3.20. The molecule has 0 spiro atoms. The van der Waals surface area contributed by atoms with Crippen LogP contribution >= 0.6 is 0 Å². The number of aromatic nitrogens is 2. The second-order valence-corrected chi connectivity index (χ2v) is 11.0. The Morgan fingerprint density at radius 3 is 1.96 bits per heavy atom. The number of amides is 1. The van der Waals surface area contributed by atoms with Gasteiger partial charge in [0.15, 0.2) is 0 Å². The van der Waals surface area contributed by atoms with Gasteiger partial charge < -0.3 is 24.4 Å². The summed E-state index contributed by atoms with van der Waals surface area (Å²) in [7, 11) is 0. The van der Waals surface area contributed by atoms with E-state index >= 15 is 0 Å². The molecule has 4 rings (SSSR count). The van der Waals surface area contributed by atoms with Crippen LogP contribution in [0.3, 0.4) is 0 Å². The number of carbonyl (C=O) groups is 2. The minimum Gasteiger partial charge on any atom is -0.481 e. The zero-order chi connectivity index (χ0) is 36.9. The molecule has 0 atom stereocenters. The Morgan fingerprint density at radius 1 is 0.860 bits per heavy atom. The van der Waals surface area contributed by atoms with E-state index in [4.69, 9.17) is 14.6 Å². The first-order valence-electron chi connectivity index (χ1n) is 14.9. The van der Waals surface area contributed by atoms with Gasteiger partial charge in [-0.1, -0.05) is 0 Å². The van der Waals surface area contributed by atoms with Crippen molar-refractivity contribution < 1.29 is 63.7 Å². The third kappa shape index (κ3) is 9.88. The van der Waals surface area contributed by atoms with E-state index in [1.165, 1.54) is 19.3 Å². The second kappa shape index (κ2) is 15.4. The van der Waals surface area contributed by atoms with Crippen molar-refractivity contribution in [1.29, 1.82) is 0 Å².